The fourth-order valence-electron chi connectivity index (χ4n) is 7.32. The van der Waals surface area contributed by atoms with Crippen LogP contribution < -0.4 is 30.7 Å². The molecule has 1 aliphatic heterocycles. The number of carbonyl (C=O) groups excluding carboxylic acids is 5. The smallest absolute Gasteiger partial charge is 0.243 e. The van der Waals surface area contributed by atoms with Gasteiger partial charge in [0, 0.05) is 61.8 Å². The Labute approximate surface area is 354 Å². The second-order valence-electron chi connectivity index (χ2n) is 15.2. The fourth-order valence-corrected chi connectivity index (χ4v) is 7.32. The molecule has 0 fully saturated rings. The first-order chi connectivity index (χ1) is 29.5. The molecule has 0 radical (unpaired) electrons. The molecule has 2 aromatic carbocycles. The number of ether oxygens (including phenoxy) is 2. The molecule has 0 saturated heterocycles. The normalized spacial score (nSPS) is 18.8. The molecule has 3 aromatic heterocycles. The van der Waals surface area contributed by atoms with E-state index in [1.165, 1.54) is 9.58 Å². The number of carbonyl (C=O) groups is 5. The molecular formula is C44H54N10O7. The van der Waals surface area contributed by atoms with Gasteiger partial charge in [0.1, 0.15) is 24.5 Å². The largest absolute Gasteiger partial charge is 0.493 e. The van der Waals surface area contributed by atoms with E-state index in [0.29, 0.717) is 36.0 Å². The molecule has 0 saturated carbocycles. The van der Waals surface area contributed by atoms with Crippen LogP contribution in [0.1, 0.15) is 68.0 Å². The minimum atomic E-state index is -1.11. The van der Waals surface area contributed by atoms with E-state index in [0.717, 1.165) is 27.6 Å². The molecule has 61 heavy (non-hydrogen) atoms. The molecule has 17 heteroatoms. The lowest BCUT2D eigenvalue weighted by Gasteiger charge is -2.28. The van der Waals surface area contributed by atoms with Gasteiger partial charge in [0.2, 0.25) is 29.5 Å². The van der Waals surface area contributed by atoms with Crippen molar-refractivity contribution in [3.8, 4) is 11.5 Å². The second-order valence-corrected chi connectivity index (χ2v) is 15.2. The highest BCUT2D eigenvalue weighted by atomic mass is 16.5. The summed E-state index contributed by atoms with van der Waals surface area (Å²) in [7, 11) is 3.10. The molecular weight excluding hydrogens is 781 g/mol. The van der Waals surface area contributed by atoms with E-state index < -0.39 is 41.8 Å². The monoisotopic (exact) mass is 834 g/mol. The van der Waals surface area contributed by atoms with E-state index in [4.69, 9.17) is 14.5 Å². The number of hydrogen-bond donors (Lipinski definition) is 5. The third-order valence-corrected chi connectivity index (χ3v) is 10.9. The predicted molar refractivity (Wildman–Crippen MR) is 226 cm³/mol. The number of nitrogens with one attached hydrogen (secondary N) is 5. The highest BCUT2D eigenvalue weighted by molar-refractivity contribution is 5.94. The minimum absolute atomic E-state index is 0.0155. The zero-order valence-corrected chi connectivity index (χ0v) is 35.2. The van der Waals surface area contributed by atoms with E-state index in [-0.39, 0.29) is 57.3 Å². The van der Waals surface area contributed by atoms with Gasteiger partial charge >= 0.3 is 0 Å². The van der Waals surface area contributed by atoms with Crippen molar-refractivity contribution in [3.63, 3.8) is 0 Å². The number of nitrogens with zero attached hydrogens (tertiary/aromatic N) is 5. The SMILES string of the molecule is CC[C@H](C)[C@@H]1NC(=O)[C@@H](Cc2c[nH]c3ccccc23)NC(=O)CN(C(=O)CCc2cccnc2)CCNC(=O)Cn2nc(Cc3ccc(OC)c(OC)c3)nc2[C@@H](C)NC1=O. The van der Waals surface area contributed by atoms with Gasteiger partial charge in [-0.1, -0.05) is 50.6 Å². The van der Waals surface area contributed by atoms with Crippen LogP contribution in [-0.2, 0) is 49.8 Å². The van der Waals surface area contributed by atoms with Gasteiger partial charge in [-0.25, -0.2) is 9.67 Å². The number of amides is 5. The van der Waals surface area contributed by atoms with Gasteiger partial charge in [-0.3, -0.25) is 29.0 Å². The van der Waals surface area contributed by atoms with Crippen molar-refractivity contribution in [3.05, 3.63) is 102 Å². The molecule has 4 atom stereocenters. The van der Waals surface area contributed by atoms with E-state index in [1.807, 2.05) is 56.3 Å². The van der Waals surface area contributed by atoms with E-state index in [1.54, 1.807) is 51.9 Å². The molecule has 17 nitrogen and oxygen atoms in total. The molecule has 5 amide bonds. The number of aromatic amines is 1. The molecule has 0 aliphatic carbocycles. The zero-order valence-electron chi connectivity index (χ0n) is 35.2. The lowest BCUT2D eigenvalue weighted by atomic mass is 9.96. The quantitative estimate of drug-likeness (QED) is 0.131. The standard InChI is InChI=1S/C44H54N10O7/c1-6-27(2)41-44(59)48-28(3)42-50-37(21-30-13-15-35(60-4)36(20-30)61-5)52-54(42)26-38(55)46-18-19-53(40(57)16-14-29-10-9-17-45-23-29)25-39(56)49-34(43(58)51-41)22-31-24-47-33-12-8-7-11-32(31)33/h7-13,15,17,20,23-24,27-28,34,41,47H,6,14,16,18-19,21-22,25-26H2,1-5H3,(H,46,55)(H,48,59)(H,49,56)(H,51,58)/t27-,28+,34+,41-/m0/s1. The Morgan fingerprint density at radius 2 is 1.72 bits per heavy atom. The molecule has 4 heterocycles. The van der Waals surface area contributed by atoms with Crippen LogP contribution in [0.15, 0.2) is 73.2 Å². The Kier molecular flexibility index (Phi) is 14.7. The number of rotatable bonds is 11. The van der Waals surface area contributed by atoms with Gasteiger partial charge in [-0.2, -0.15) is 5.10 Å². The maximum Gasteiger partial charge on any atom is 0.243 e. The summed E-state index contributed by atoms with van der Waals surface area (Å²) in [5.74, 6) is -0.843. The first kappa shape index (κ1) is 43.8. The number of methoxy groups -OCH3 is 2. The van der Waals surface area contributed by atoms with Crippen molar-refractivity contribution < 1.29 is 33.4 Å². The van der Waals surface area contributed by atoms with Crippen LogP contribution in [0, 0.1) is 5.92 Å². The second kappa shape index (κ2) is 20.5. The average molecular weight is 835 g/mol. The Morgan fingerprint density at radius 1 is 0.918 bits per heavy atom. The van der Waals surface area contributed by atoms with Gasteiger partial charge in [-0.15, -0.1) is 0 Å². The maximum atomic E-state index is 14.4. The molecule has 322 valence electrons. The number of pyridine rings is 1. The Morgan fingerprint density at radius 3 is 2.48 bits per heavy atom. The third kappa shape index (κ3) is 11.3. The molecule has 0 unspecified atom stereocenters. The van der Waals surface area contributed by atoms with Crippen molar-refractivity contribution in [1.82, 2.24) is 50.9 Å². The highest BCUT2D eigenvalue weighted by Crippen LogP contribution is 2.28. The molecule has 6 rings (SSSR count). The number of fused-ring (bicyclic) bond motifs is 2. The van der Waals surface area contributed by atoms with Crippen LogP contribution in [0.3, 0.4) is 0 Å². The first-order valence-electron chi connectivity index (χ1n) is 20.5. The Bertz CT molecular complexity index is 2330. The predicted octanol–water partition coefficient (Wildman–Crippen LogP) is 2.79. The number of aromatic nitrogens is 5. The van der Waals surface area contributed by atoms with E-state index in [9.17, 15) is 24.0 Å². The van der Waals surface area contributed by atoms with Gasteiger partial charge in [-0.05, 0) is 60.2 Å². The fraction of sp³-hybridized carbons (Fsp3) is 0.409. The summed E-state index contributed by atoms with van der Waals surface area (Å²) in [4.78, 5) is 83.2. The van der Waals surface area contributed by atoms with Crippen molar-refractivity contribution >= 4 is 40.4 Å². The van der Waals surface area contributed by atoms with Crippen LogP contribution in [0.4, 0.5) is 0 Å². The molecule has 0 bridgehead atoms. The summed E-state index contributed by atoms with van der Waals surface area (Å²) in [5.41, 5.74) is 3.33. The van der Waals surface area contributed by atoms with Crippen LogP contribution in [0.5, 0.6) is 11.5 Å². The maximum absolute atomic E-state index is 14.4. The molecule has 1 aliphatic rings. The third-order valence-electron chi connectivity index (χ3n) is 10.9. The summed E-state index contributed by atoms with van der Waals surface area (Å²) in [5, 5.41) is 17.2. The van der Waals surface area contributed by atoms with Crippen molar-refractivity contribution in [2.24, 2.45) is 5.92 Å². The van der Waals surface area contributed by atoms with Gasteiger partial charge in [0.15, 0.2) is 17.3 Å². The van der Waals surface area contributed by atoms with E-state index >= 15 is 0 Å². The van der Waals surface area contributed by atoms with Crippen LogP contribution in [0.2, 0.25) is 0 Å². The molecule has 5 N–H and O–H groups in total. The number of benzene rings is 2. The molecule has 5 aromatic rings. The Balaban J connectivity index is 1.32. The number of H-pyrrole nitrogens is 1. The highest BCUT2D eigenvalue weighted by Gasteiger charge is 2.33. The number of para-hydroxylation sites is 1. The molecule has 0 spiro atoms. The van der Waals surface area contributed by atoms with Crippen LogP contribution in [0.25, 0.3) is 10.9 Å². The summed E-state index contributed by atoms with van der Waals surface area (Å²) >= 11 is 0. The summed E-state index contributed by atoms with van der Waals surface area (Å²) in [6.45, 7) is 4.93. The summed E-state index contributed by atoms with van der Waals surface area (Å²) in [6, 6.07) is 13.9. The minimum Gasteiger partial charge on any atom is -0.493 e. The lowest BCUT2D eigenvalue weighted by molar-refractivity contribution is -0.137. The van der Waals surface area contributed by atoms with Gasteiger partial charge in [0.25, 0.3) is 0 Å². The van der Waals surface area contributed by atoms with E-state index in [2.05, 4.69) is 36.3 Å². The van der Waals surface area contributed by atoms with Crippen molar-refractivity contribution in [2.75, 3.05) is 33.9 Å². The van der Waals surface area contributed by atoms with Gasteiger partial charge in [0.05, 0.1) is 26.8 Å². The van der Waals surface area contributed by atoms with Crippen molar-refractivity contribution in [2.45, 2.75) is 77.5 Å². The number of hydrogen-bond acceptors (Lipinski definition) is 10. The lowest BCUT2D eigenvalue weighted by Crippen LogP contribution is -2.57. The number of aryl methyl sites for hydroxylation is 1. The van der Waals surface area contributed by atoms with Crippen LogP contribution in [-0.4, -0.2) is 105 Å². The van der Waals surface area contributed by atoms with Gasteiger partial charge < -0.3 is 40.6 Å². The zero-order chi connectivity index (χ0) is 43.5. The topological polar surface area (TPSA) is 215 Å². The first-order valence-corrected chi connectivity index (χ1v) is 20.5. The summed E-state index contributed by atoms with van der Waals surface area (Å²) < 4.78 is 12.3. The summed E-state index contributed by atoms with van der Waals surface area (Å²) in [6.07, 6.45) is 6.53. The van der Waals surface area contributed by atoms with Crippen molar-refractivity contribution in [1.29, 1.82) is 0 Å². The van der Waals surface area contributed by atoms with Crippen LogP contribution >= 0.6 is 0 Å². The average Bonchev–Trinajstić information content (AvgIpc) is 3.86. The Hall–Kier alpha value is -6.78.